The van der Waals surface area contributed by atoms with E-state index in [4.69, 9.17) is 16.3 Å². The first-order chi connectivity index (χ1) is 9.13. The van der Waals surface area contributed by atoms with Gasteiger partial charge >= 0.3 is 0 Å². The summed E-state index contributed by atoms with van der Waals surface area (Å²) in [5, 5.41) is -0.124. The molecule has 2 heterocycles. The highest BCUT2D eigenvalue weighted by Crippen LogP contribution is 2.24. The van der Waals surface area contributed by atoms with E-state index < -0.39 is 0 Å². The lowest BCUT2D eigenvalue weighted by Gasteiger charge is -2.09. The van der Waals surface area contributed by atoms with Crippen LogP contribution in [0.1, 0.15) is 37.0 Å². The van der Waals surface area contributed by atoms with E-state index in [1.54, 1.807) is 0 Å². The Morgan fingerprint density at radius 2 is 2.26 bits per heavy atom. The fourth-order valence-corrected chi connectivity index (χ4v) is 2.29. The minimum atomic E-state index is -0.124. The molecule has 0 bridgehead atoms. The monoisotopic (exact) mass is 281 g/mol. The lowest BCUT2D eigenvalue weighted by atomic mass is 10.3. The van der Waals surface area contributed by atoms with Crippen molar-refractivity contribution in [1.82, 2.24) is 14.5 Å². The smallest absolute Gasteiger partial charge is 0.160 e. The van der Waals surface area contributed by atoms with Crippen molar-refractivity contribution in [2.24, 2.45) is 0 Å². The average molecular weight is 282 g/mol. The van der Waals surface area contributed by atoms with E-state index in [0.717, 1.165) is 48.7 Å². The van der Waals surface area contributed by atoms with Crippen molar-refractivity contribution >= 4 is 22.8 Å². The number of aromatic nitrogens is 3. The number of hydrogen-bond donors (Lipinski definition) is 0. The second-order valence-corrected chi connectivity index (χ2v) is 5.30. The zero-order valence-electron chi connectivity index (χ0n) is 11.7. The summed E-state index contributed by atoms with van der Waals surface area (Å²) in [4.78, 5) is 9.08. The summed E-state index contributed by atoms with van der Waals surface area (Å²) >= 11 is 6.22. The molecule has 0 fully saturated rings. The molecule has 2 aromatic rings. The summed E-state index contributed by atoms with van der Waals surface area (Å²) in [5.41, 5.74) is 2.93. The number of hydrogen-bond acceptors (Lipinski definition) is 3. The minimum Gasteiger partial charge on any atom is -0.382 e. The van der Waals surface area contributed by atoms with Gasteiger partial charge in [-0.15, -0.1) is 11.6 Å². The summed E-state index contributed by atoms with van der Waals surface area (Å²) in [6, 6.07) is 2.05. The summed E-state index contributed by atoms with van der Waals surface area (Å²) in [7, 11) is 0. The normalized spacial score (nSPS) is 13.1. The maximum Gasteiger partial charge on any atom is 0.160 e. The van der Waals surface area contributed by atoms with E-state index in [2.05, 4.69) is 14.5 Å². The van der Waals surface area contributed by atoms with Gasteiger partial charge in [-0.1, -0.05) is 0 Å². The number of ether oxygens (including phenoxy) is 1. The molecule has 0 radical (unpaired) electrons. The van der Waals surface area contributed by atoms with Crippen molar-refractivity contribution in [3.8, 4) is 0 Å². The third kappa shape index (κ3) is 3.25. The first kappa shape index (κ1) is 14.3. The molecule has 5 heteroatoms. The quantitative estimate of drug-likeness (QED) is 0.601. The predicted molar refractivity (Wildman–Crippen MR) is 77.6 cm³/mol. The Morgan fingerprint density at radius 3 is 2.95 bits per heavy atom. The Hall–Kier alpha value is -1.13. The van der Waals surface area contributed by atoms with Gasteiger partial charge in [0.2, 0.25) is 0 Å². The minimum absolute atomic E-state index is 0.124. The molecule has 0 amide bonds. The number of halogens is 1. The predicted octanol–water partition coefficient (Wildman–Crippen LogP) is 3.47. The van der Waals surface area contributed by atoms with Gasteiger partial charge in [-0.25, -0.2) is 9.97 Å². The number of pyridine rings is 1. The van der Waals surface area contributed by atoms with Crippen LogP contribution in [-0.2, 0) is 11.3 Å². The van der Waals surface area contributed by atoms with Gasteiger partial charge in [0.15, 0.2) is 5.65 Å². The van der Waals surface area contributed by atoms with Crippen LogP contribution in [0.25, 0.3) is 11.2 Å². The molecular weight excluding hydrogens is 262 g/mol. The van der Waals surface area contributed by atoms with Crippen LogP contribution in [-0.4, -0.2) is 27.7 Å². The Balaban J connectivity index is 2.30. The zero-order chi connectivity index (χ0) is 13.8. The van der Waals surface area contributed by atoms with Crippen LogP contribution in [0.5, 0.6) is 0 Å². The molecular formula is C14H20ClN3O. The van der Waals surface area contributed by atoms with Gasteiger partial charge < -0.3 is 9.30 Å². The molecule has 0 aliphatic carbocycles. The molecule has 1 unspecified atom stereocenters. The number of rotatable bonds is 6. The van der Waals surface area contributed by atoms with E-state index in [1.807, 2.05) is 33.0 Å². The van der Waals surface area contributed by atoms with Gasteiger partial charge in [0.25, 0.3) is 0 Å². The summed E-state index contributed by atoms with van der Waals surface area (Å²) in [6.45, 7) is 8.29. The number of alkyl halides is 1. The third-order valence-corrected chi connectivity index (χ3v) is 3.18. The first-order valence-electron chi connectivity index (χ1n) is 6.68. The summed E-state index contributed by atoms with van der Waals surface area (Å²) in [6.07, 6.45) is 2.80. The fourth-order valence-electron chi connectivity index (χ4n) is 2.12. The van der Waals surface area contributed by atoms with Crippen LogP contribution in [0.3, 0.4) is 0 Å². The van der Waals surface area contributed by atoms with Crippen molar-refractivity contribution < 1.29 is 4.74 Å². The lowest BCUT2D eigenvalue weighted by molar-refractivity contribution is 0.141. The van der Waals surface area contributed by atoms with E-state index in [1.165, 1.54) is 0 Å². The molecule has 0 aliphatic heterocycles. The molecule has 1 atom stereocenters. The Bertz CT molecular complexity index is 551. The van der Waals surface area contributed by atoms with Gasteiger partial charge in [-0.3, -0.25) is 0 Å². The van der Waals surface area contributed by atoms with Crippen molar-refractivity contribution in [2.45, 2.75) is 39.1 Å². The summed E-state index contributed by atoms with van der Waals surface area (Å²) in [5.74, 6) is 0.881. The van der Waals surface area contributed by atoms with Crippen molar-refractivity contribution in [3.63, 3.8) is 0 Å². The van der Waals surface area contributed by atoms with Crippen LogP contribution in [0.15, 0.2) is 12.3 Å². The highest BCUT2D eigenvalue weighted by atomic mass is 35.5. The molecule has 0 N–H and O–H groups in total. The maximum atomic E-state index is 6.22. The molecule has 104 valence electrons. The molecule has 0 aromatic carbocycles. The van der Waals surface area contributed by atoms with Crippen LogP contribution in [0.4, 0.5) is 0 Å². The molecule has 2 rings (SSSR count). The molecule has 4 nitrogen and oxygen atoms in total. The van der Waals surface area contributed by atoms with Crippen LogP contribution >= 0.6 is 11.6 Å². The van der Waals surface area contributed by atoms with E-state index in [0.29, 0.717) is 0 Å². The second kappa shape index (κ2) is 6.35. The van der Waals surface area contributed by atoms with Crippen LogP contribution in [0, 0.1) is 6.92 Å². The molecule has 2 aromatic heterocycles. The van der Waals surface area contributed by atoms with Crippen LogP contribution in [0.2, 0.25) is 0 Å². The van der Waals surface area contributed by atoms with Crippen LogP contribution < -0.4 is 0 Å². The highest BCUT2D eigenvalue weighted by molar-refractivity contribution is 6.20. The largest absolute Gasteiger partial charge is 0.382 e. The molecule has 0 saturated carbocycles. The molecule has 0 spiro atoms. The molecule has 19 heavy (non-hydrogen) atoms. The molecule has 0 aliphatic rings. The summed E-state index contributed by atoms with van der Waals surface area (Å²) < 4.78 is 7.48. The Labute approximate surface area is 118 Å². The highest BCUT2D eigenvalue weighted by Gasteiger charge is 2.15. The number of aryl methyl sites for hydroxylation is 2. The van der Waals surface area contributed by atoms with Gasteiger partial charge in [-0.05, 0) is 38.8 Å². The molecule has 0 saturated heterocycles. The van der Waals surface area contributed by atoms with E-state index >= 15 is 0 Å². The Morgan fingerprint density at radius 1 is 1.47 bits per heavy atom. The van der Waals surface area contributed by atoms with Gasteiger partial charge in [0.05, 0.1) is 5.38 Å². The lowest BCUT2D eigenvalue weighted by Crippen LogP contribution is -2.08. The van der Waals surface area contributed by atoms with Gasteiger partial charge in [0.1, 0.15) is 11.3 Å². The van der Waals surface area contributed by atoms with E-state index in [-0.39, 0.29) is 5.38 Å². The van der Waals surface area contributed by atoms with Gasteiger partial charge in [-0.2, -0.15) is 0 Å². The maximum absolute atomic E-state index is 6.22. The second-order valence-electron chi connectivity index (χ2n) is 4.64. The average Bonchev–Trinajstić information content (AvgIpc) is 2.72. The first-order valence-corrected chi connectivity index (χ1v) is 7.11. The van der Waals surface area contributed by atoms with Gasteiger partial charge in [0, 0.05) is 26.0 Å². The topological polar surface area (TPSA) is 39.9 Å². The third-order valence-electron chi connectivity index (χ3n) is 2.98. The zero-order valence-corrected chi connectivity index (χ0v) is 12.4. The number of fused-ring (bicyclic) bond motifs is 1. The number of nitrogens with zero attached hydrogens (tertiary/aromatic N) is 3. The number of imidazole rings is 1. The Kier molecular flexibility index (Phi) is 4.77. The fraction of sp³-hybridized carbons (Fsp3) is 0.571. The SMILES string of the molecule is CCOCCCn1c(C(C)Cl)nc2cc(C)cnc21. The van der Waals surface area contributed by atoms with E-state index in [9.17, 15) is 0 Å². The van der Waals surface area contributed by atoms with Crippen molar-refractivity contribution in [2.75, 3.05) is 13.2 Å². The van der Waals surface area contributed by atoms with Crippen molar-refractivity contribution in [1.29, 1.82) is 0 Å². The standard InChI is InChI=1S/C14H20ClN3O/c1-4-19-7-5-6-18-13(11(3)15)17-12-8-10(2)9-16-14(12)18/h8-9,11H,4-7H2,1-3H3. The van der Waals surface area contributed by atoms with Crippen molar-refractivity contribution in [3.05, 3.63) is 23.7 Å².